The number of rotatable bonds is 16. The Morgan fingerprint density at radius 1 is 0.851 bits per heavy atom. The zero-order valence-corrected chi connectivity index (χ0v) is 40.1. The van der Waals surface area contributed by atoms with Crippen molar-refractivity contribution < 1.29 is 34.4 Å². The van der Waals surface area contributed by atoms with Gasteiger partial charge in [0.1, 0.15) is 22.9 Å². The summed E-state index contributed by atoms with van der Waals surface area (Å²) in [6.07, 6.45) is 3.90. The monoisotopic (exact) mass is 1000 g/mol. The fourth-order valence-corrected chi connectivity index (χ4v) is 12.2. The summed E-state index contributed by atoms with van der Waals surface area (Å²) in [4.78, 5) is 16.3. The van der Waals surface area contributed by atoms with E-state index in [1.54, 1.807) is 18.2 Å². The number of thioether (sulfide) groups is 1. The van der Waals surface area contributed by atoms with Crippen molar-refractivity contribution in [2.24, 2.45) is 0 Å². The Bertz CT molecular complexity index is 2740. The van der Waals surface area contributed by atoms with E-state index in [1.807, 2.05) is 37.4 Å². The number of likely N-dealkylation sites (tertiary alicyclic amines) is 1. The summed E-state index contributed by atoms with van der Waals surface area (Å²) in [6, 6.07) is 24.6. The van der Waals surface area contributed by atoms with Crippen LogP contribution in [0.5, 0.6) is 0 Å². The number of hydrogen-bond donors (Lipinski definition) is 2. The molecule has 3 aliphatic heterocycles. The minimum absolute atomic E-state index is 0.0182. The molecule has 0 amide bonds. The molecule has 1 atom stereocenters. The molecule has 0 bridgehead atoms. The van der Waals surface area contributed by atoms with Crippen LogP contribution in [0.25, 0.3) is 11.1 Å². The van der Waals surface area contributed by atoms with Crippen LogP contribution in [-0.2, 0) is 39.4 Å². The summed E-state index contributed by atoms with van der Waals surface area (Å²) in [5.74, 6) is -0.302. The van der Waals surface area contributed by atoms with E-state index in [0.717, 1.165) is 88.1 Å². The molecular formula is C47H53ClF4N8O4S3. The first-order valence-corrected chi connectivity index (χ1v) is 26.5. The predicted octanol–water partition coefficient (Wildman–Crippen LogP) is 8.26. The number of fused-ring (bicyclic) bond motifs is 1. The molecule has 0 aliphatic carbocycles. The molecule has 1 aromatic heterocycles. The standard InChI is InChI=1S/C47H53ClF4N8O4S3/c1-57-24-26-58(27-25-57)20-16-36(31-65-44-9-5-4-8-41(44)49)55-42-15-14-38(28-45(42)66(61,62)47(50,51)52)67(63,64)56-46-40-19-23-60(30-43(40)53-32-54-46)37-17-21-59(22-18-37)29-34-6-2-3-7-39(34)33-10-12-35(48)13-11-33/h2-15,28,32,36-37,55H,16-27,29-31H2,1H3,(H,53,54,56). The zero-order chi connectivity index (χ0) is 47.3. The lowest BCUT2D eigenvalue weighted by molar-refractivity contribution is -0.0435. The molecule has 0 saturated carbocycles. The minimum Gasteiger partial charge on any atom is -0.380 e. The number of aromatic nitrogens is 2. The van der Waals surface area contributed by atoms with E-state index in [1.165, 1.54) is 23.5 Å². The van der Waals surface area contributed by atoms with Crippen molar-refractivity contribution in [2.75, 3.05) is 75.2 Å². The number of anilines is 2. The van der Waals surface area contributed by atoms with Gasteiger partial charge in [-0.15, -0.1) is 11.8 Å². The zero-order valence-electron chi connectivity index (χ0n) is 36.9. The number of nitrogens with zero attached hydrogens (tertiary/aromatic N) is 6. The number of piperidine rings is 1. The van der Waals surface area contributed by atoms with Crippen LogP contribution in [0.3, 0.4) is 0 Å². The van der Waals surface area contributed by atoms with Crippen LogP contribution in [0.4, 0.5) is 29.1 Å². The summed E-state index contributed by atoms with van der Waals surface area (Å²) in [7, 11) is -8.72. The highest BCUT2D eigenvalue weighted by Crippen LogP contribution is 2.38. The third kappa shape index (κ3) is 11.9. The fourth-order valence-electron chi connectivity index (χ4n) is 8.93. The smallest absolute Gasteiger partial charge is 0.380 e. The average Bonchev–Trinajstić information content (AvgIpc) is 3.31. The largest absolute Gasteiger partial charge is 0.501 e. The second kappa shape index (κ2) is 21.1. The summed E-state index contributed by atoms with van der Waals surface area (Å²) >= 11 is 7.29. The van der Waals surface area contributed by atoms with Crippen molar-refractivity contribution in [3.05, 3.63) is 125 Å². The molecule has 67 heavy (non-hydrogen) atoms. The second-order valence-corrected chi connectivity index (χ2v) is 22.4. The first-order valence-electron chi connectivity index (χ1n) is 22.2. The Morgan fingerprint density at radius 3 is 2.30 bits per heavy atom. The lowest BCUT2D eigenvalue weighted by Gasteiger charge is -2.40. The van der Waals surface area contributed by atoms with Crippen LogP contribution in [0.15, 0.2) is 112 Å². The second-order valence-electron chi connectivity index (χ2n) is 17.3. The van der Waals surface area contributed by atoms with Crippen LogP contribution in [0.1, 0.15) is 36.1 Å². The summed E-state index contributed by atoms with van der Waals surface area (Å²) in [6.45, 7) is 7.41. The number of hydrogen-bond acceptors (Lipinski definition) is 12. The molecule has 5 aromatic rings. The predicted molar refractivity (Wildman–Crippen MR) is 255 cm³/mol. The van der Waals surface area contributed by atoms with Crippen LogP contribution in [0.2, 0.25) is 5.02 Å². The quantitative estimate of drug-likeness (QED) is 0.0729. The number of sulfone groups is 1. The lowest BCUT2D eigenvalue weighted by atomic mass is 9.96. The highest BCUT2D eigenvalue weighted by atomic mass is 35.5. The maximum absolute atomic E-state index is 14.6. The van der Waals surface area contributed by atoms with Gasteiger partial charge in [0, 0.05) is 85.7 Å². The first-order chi connectivity index (χ1) is 32.0. The molecule has 2 fully saturated rings. The van der Waals surface area contributed by atoms with Gasteiger partial charge in [0.05, 0.1) is 16.3 Å². The fraction of sp³-hybridized carbons (Fsp3) is 0.404. The average molecular weight is 1000 g/mol. The van der Waals surface area contributed by atoms with Crippen LogP contribution in [-0.4, -0.2) is 129 Å². The van der Waals surface area contributed by atoms with Crippen molar-refractivity contribution in [1.29, 1.82) is 0 Å². The van der Waals surface area contributed by atoms with Gasteiger partial charge in [-0.05, 0) is 105 Å². The molecule has 358 valence electrons. The SMILES string of the molecule is CN1CCN(CCC(CSc2ccccc2F)Nc2ccc(S(=O)(=O)Nc3ncnc4c3CCN(C3CCN(Cc5ccccc5-c5ccc(Cl)cc5)CC3)C4)cc2S(=O)(=O)C(F)(F)F)CC1. The van der Waals surface area contributed by atoms with E-state index in [9.17, 15) is 34.4 Å². The molecule has 4 heterocycles. The maximum atomic E-state index is 14.6. The lowest BCUT2D eigenvalue weighted by Crippen LogP contribution is -2.46. The van der Waals surface area contributed by atoms with Gasteiger partial charge < -0.3 is 15.1 Å². The molecule has 2 saturated heterocycles. The van der Waals surface area contributed by atoms with E-state index in [0.29, 0.717) is 59.7 Å². The number of halogens is 5. The van der Waals surface area contributed by atoms with Gasteiger partial charge in [0.15, 0.2) is 0 Å². The maximum Gasteiger partial charge on any atom is 0.501 e. The van der Waals surface area contributed by atoms with E-state index in [-0.39, 0.29) is 17.6 Å². The highest BCUT2D eigenvalue weighted by Gasteiger charge is 2.48. The van der Waals surface area contributed by atoms with E-state index >= 15 is 0 Å². The van der Waals surface area contributed by atoms with Gasteiger partial charge in [-0.3, -0.25) is 14.5 Å². The molecule has 20 heteroatoms. The molecule has 8 rings (SSSR count). The van der Waals surface area contributed by atoms with Gasteiger partial charge in [-0.25, -0.2) is 31.2 Å². The normalized spacial score (nSPS) is 17.8. The number of piperazine rings is 1. The number of benzene rings is 4. The highest BCUT2D eigenvalue weighted by molar-refractivity contribution is 7.99. The first kappa shape index (κ1) is 49.1. The van der Waals surface area contributed by atoms with E-state index in [4.69, 9.17) is 11.6 Å². The number of alkyl halides is 3. The van der Waals surface area contributed by atoms with Gasteiger partial charge in [-0.2, -0.15) is 13.2 Å². The number of nitrogens with one attached hydrogen (secondary N) is 2. The van der Waals surface area contributed by atoms with Crippen molar-refractivity contribution in [2.45, 2.75) is 71.1 Å². The summed E-state index contributed by atoms with van der Waals surface area (Å²) in [5.41, 5.74) is -1.44. The van der Waals surface area contributed by atoms with Crippen LogP contribution < -0.4 is 10.0 Å². The van der Waals surface area contributed by atoms with Crippen molar-refractivity contribution in [1.82, 2.24) is 29.6 Å². The third-order valence-electron chi connectivity index (χ3n) is 12.8. The van der Waals surface area contributed by atoms with Crippen molar-refractivity contribution in [3.63, 3.8) is 0 Å². The van der Waals surface area contributed by atoms with Crippen molar-refractivity contribution >= 4 is 54.7 Å². The van der Waals surface area contributed by atoms with Crippen LogP contribution in [0, 0.1) is 5.82 Å². The molecule has 4 aromatic carbocycles. The number of likely N-dealkylation sites (N-methyl/N-ethyl adjacent to an activating group) is 1. The Balaban J connectivity index is 0.957. The van der Waals surface area contributed by atoms with Gasteiger partial charge in [0.25, 0.3) is 19.9 Å². The Morgan fingerprint density at radius 2 is 1.57 bits per heavy atom. The molecule has 3 aliphatic rings. The molecule has 0 spiro atoms. The topological polar surface area (TPSA) is 131 Å². The molecule has 12 nitrogen and oxygen atoms in total. The summed E-state index contributed by atoms with van der Waals surface area (Å²) < 4.78 is 114. The van der Waals surface area contributed by atoms with Gasteiger partial charge in [0.2, 0.25) is 0 Å². The molecule has 0 radical (unpaired) electrons. The molecular weight excluding hydrogens is 948 g/mol. The minimum atomic E-state index is -6.07. The Kier molecular flexibility index (Phi) is 15.5. The van der Waals surface area contributed by atoms with Crippen molar-refractivity contribution in [3.8, 4) is 11.1 Å². The third-order valence-corrected chi connectivity index (χ3v) is 17.1. The van der Waals surface area contributed by atoms with Crippen LogP contribution >= 0.6 is 23.4 Å². The van der Waals surface area contributed by atoms with Gasteiger partial charge >= 0.3 is 5.51 Å². The Hall–Kier alpha value is -4.34. The number of sulfonamides is 1. The van der Waals surface area contributed by atoms with E-state index < -0.39 is 52.7 Å². The Labute approximate surface area is 399 Å². The molecule has 1 unspecified atom stereocenters. The van der Waals surface area contributed by atoms with E-state index in [2.05, 4.69) is 57.8 Å². The molecule has 2 N–H and O–H groups in total. The summed E-state index contributed by atoms with van der Waals surface area (Å²) in [5, 5.41) is 3.67. The van der Waals surface area contributed by atoms with Gasteiger partial charge in [-0.1, -0.05) is 60.1 Å².